The molecule has 3 heteroatoms. The van der Waals surface area contributed by atoms with Crippen LogP contribution < -0.4 is 0 Å². The van der Waals surface area contributed by atoms with E-state index in [4.69, 9.17) is 4.74 Å². The largest absolute Gasteiger partial charge is 0.390 e. The average molecular weight is 225 g/mol. The maximum absolute atomic E-state index is 10.1. The monoisotopic (exact) mass is 225 g/mol. The van der Waals surface area contributed by atoms with Gasteiger partial charge in [-0.1, -0.05) is 5.57 Å². The Kier molecular flexibility index (Phi) is 4.00. The maximum Gasteiger partial charge on any atom is 0.0961 e. The first-order valence-corrected chi connectivity index (χ1v) is 6.35. The molecule has 0 aromatic rings. The molecule has 92 valence electrons. The van der Waals surface area contributed by atoms with Crippen molar-refractivity contribution in [2.45, 2.75) is 50.9 Å². The van der Waals surface area contributed by atoms with Gasteiger partial charge in [-0.05, 0) is 39.2 Å². The molecule has 1 N–H and O–H groups in total. The third-order valence-electron chi connectivity index (χ3n) is 3.71. The van der Waals surface area contributed by atoms with Gasteiger partial charge >= 0.3 is 0 Å². The van der Waals surface area contributed by atoms with E-state index < -0.39 is 0 Å². The Hall–Kier alpha value is -0.380. The third-order valence-corrected chi connectivity index (χ3v) is 3.71. The number of aliphatic hydroxyl groups excluding tert-OH is 1. The van der Waals surface area contributed by atoms with Crippen LogP contribution in [0.3, 0.4) is 0 Å². The Morgan fingerprint density at radius 2 is 2.44 bits per heavy atom. The summed E-state index contributed by atoms with van der Waals surface area (Å²) in [6.45, 7) is 8.75. The molecule has 2 aliphatic rings. The first-order chi connectivity index (χ1) is 7.66. The molecule has 3 atom stereocenters. The van der Waals surface area contributed by atoms with Crippen molar-refractivity contribution in [1.29, 1.82) is 0 Å². The molecular formula is C13H23NO2. The lowest BCUT2D eigenvalue weighted by Gasteiger charge is -2.37. The van der Waals surface area contributed by atoms with Crippen molar-refractivity contribution in [3.63, 3.8) is 0 Å². The summed E-state index contributed by atoms with van der Waals surface area (Å²) < 4.78 is 5.76. The standard InChI is InChI=1S/C13H23NO2/c1-10(2)5-6-12(15)13-8-14-7-3-4-11(14)9-16-13/h11-13,15H,1,3-9H2,2H3. The summed E-state index contributed by atoms with van der Waals surface area (Å²) >= 11 is 0. The van der Waals surface area contributed by atoms with Gasteiger partial charge in [0.1, 0.15) is 0 Å². The fourth-order valence-electron chi connectivity index (χ4n) is 2.66. The lowest BCUT2D eigenvalue weighted by Crippen LogP contribution is -2.50. The van der Waals surface area contributed by atoms with Gasteiger partial charge in [0.2, 0.25) is 0 Å². The van der Waals surface area contributed by atoms with Crippen LogP contribution in [-0.2, 0) is 4.74 Å². The predicted molar refractivity (Wildman–Crippen MR) is 64.4 cm³/mol. The smallest absolute Gasteiger partial charge is 0.0961 e. The normalized spacial score (nSPS) is 32.4. The minimum atomic E-state index is -0.335. The highest BCUT2D eigenvalue weighted by atomic mass is 16.5. The summed E-state index contributed by atoms with van der Waals surface area (Å²) in [7, 11) is 0. The van der Waals surface area contributed by atoms with Crippen molar-refractivity contribution in [3.05, 3.63) is 12.2 Å². The van der Waals surface area contributed by atoms with E-state index in [-0.39, 0.29) is 12.2 Å². The van der Waals surface area contributed by atoms with E-state index in [0.717, 1.165) is 31.6 Å². The Morgan fingerprint density at radius 1 is 1.62 bits per heavy atom. The van der Waals surface area contributed by atoms with Crippen LogP contribution in [0.4, 0.5) is 0 Å². The Balaban J connectivity index is 1.79. The number of rotatable bonds is 4. The topological polar surface area (TPSA) is 32.7 Å². The molecular weight excluding hydrogens is 202 g/mol. The van der Waals surface area contributed by atoms with Crippen molar-refractivity contribution in [1.82, 2.24) is 4.90 Å². The molecule has 0 aromatic heterocycles. The van der Waals surface area contributed by atoms with Crippen molar-refractivity contribution >= 4 is 0 Å². The summed E-state index contributed by atoms with van der Waals surface area (Å²) in [5, 5.41) is 10.1. The highest BCUT2D eigenvalue weighted by molar-refractivity contribution is 4.92. The summed E-state index contributed by atoms with van der Waals surface area (Å²) in [5.74, 6) is 0. The number of ether oxygens (including phenoxy) is 1. The minimum Gasteiger partial charge on any atom is -0.390 e. The molecule has 0 bridgehead atoms. The van der Waals surface area contributed by atoms with Gasteiger partial charge in [0, 0.05) is 12.6 Å². The van der Waals surface area contributed by atoms with E-state index in [1.165, 1.54) is 19.4 Å². The zero-order chi connectivity index (χ0) is 11.5. The second-order valence-electron chi connectivity index (χ2n) is 5.23. The summed E-state index contributed by atoms with van der Waals surface area (Å²) in [6.07, 6.45) is 3.88. The number of allylic oxidation sites excluding steroid dienone is 1. The number of morpholine rings is 1. The Bertz CT molecular complexity index is 254. The fraction of sp³-hybridized carbons (Fsp3) is 0.846. The fourth-order valence-corrected chi connectivity index (χ4v) is 2.66. The van der Waals surface area contributed by atoms with Crippen LogP contribution in [0.25, 0.3) is 0 Å². The predicted octanol–water partition coefficient (Wildman–Crippen LogP) is 1.57. The van der Waals surface area contributed by atoms with Crippen molar-refractivity contribution in [3.8, 4) is 0 Å². The van der Waals surface area contributed by atoms with Gasteiger partial charge in [-0.25, -0.2) is 0 Å². The van der Waals surface area contributed by atoms with Crippen LogP contribution >= 0.6 is 0 Å². The first-order valence-electron chi connectivity index (χ1n) is 6.35. The molecule has 2 saturated heterocycles. The van der Waals surface area contributed by atoms with Gasteiger partial charge in [0.15, 0.2) is 0 Å². The van der Waals surface area contributed by atoms with Crippen LogP contribution in [0.2, 0.25) is 0 Å². The van der Waals surface area contributed by atoms with Gasteiger partial charge in [-0.3, -0.25) is 4.90 Å². The number of aliphatic hydroxyl groups is 1. The lowest BCUT2D eigenvalue weighted by atomic mass is 10.0. The molecule has 16 heavy (non-hydrogen) atoms. The summed E-state index contributed by atoms with van der Waals surface area (Å²) in [6, 6.07) is 0.615. The number of nitrogens with zero attached hydrogens (tertiary/aromatic N) is 1. The minimum absolute atomic E-state index is 0.00806. The Morgan fingerprint density at radius 3 is 3.19 bits per heavy atom. The molecule has 2 heterocycles. The maximum atomic E-state index is 10.1. The van der Waals surface area contributed by atoms with E-state index in [1.807, 2.05) is 6.92 Å². The molecule has 0 aliphatic carbocycles. The number of hydrogen-bond acceptors (Lipinski definition) is 3. The highest BCUT2D eigenvalue weighted by Crippen LogP contribution is 2.24. The highest BCUT2D eigenvalue weighted by Gasteiger charge is 2.34. The van der Waals surface area contributed by atoms with E-state index in [1.54, 1.807) is 0 Å². The van der Waals surface area contributed by atoms with Crippen molar-refractivity contribution < 1.29 is 9.84 Å². The van der Waals surface area contributed by atoms with Crippen LogP contribution in [-0.4, -0.2) is 48.0 Å². The molecule has 2 rings (SSSR count). The molecule has 3 nitrogen and oxygen atoms in total. The molecule has 0 spiro atoms. The zero-order valence-electron chi connectivity index (χ0n) is 10.2. The number of hydrogen-bond donors (Lipinski definition) is 1. The van der Waals surface area contributed by atoms with Gasteiger partial charge in [0.25, 0.3) is 0 Å². The summed E-state index contributed by atoms with van der Waals surface area (Å²) in [5.41, 5.74) is 1.13. The van der Waals surface area contributed by atoms with Crippen LogP contribution in [0, 0.1) is 0 Å². The second-order valence-corrected chi connectivity index (χ2v) is 5.23. The van der Waals surface area contributed by atoms with Crippen LogP contribution in [0.15, 0.2) is 12.2 Å². The van der Waals surface area contributed by atoms with Crippen molar-refractivity contribution in [2.75, 3.05) is 19.7 Å². The molecule has 2 fully saturated rings. The molecule has 3 unspecified atom stereocenters. The SMILES string of the molecule is C=C(C)CCC(O)C1CN2CCCC2CO1. The second kappa shape index (κ2) is 5.30. The molecule has 0 radical (unpaired) electrons. The number of fused-ring (bicyclic) bond motifs is 1. The lowest BCUT2D eigenvalue weighted by molar-refractivity contribution is -0.103. The van der Waals surface area contributed by atoms with Crippen LogP contribution in [0.5, 0.6) is 0 Å². The van der Waals surface area contributed by atoms with E-state index in [2.05, 4.69) is 11.5 Å². The van der Waals surface area contributed by atoms with Crippen LogP contribution in [0.1, 0.15) is 32.6 Å². The zero-order valence-corrected chi connectivity index (χ0v) is 10.2. The summed E-state index contributed by atoms with van der Waals surface area (Å²) in [4.78, 5) is 2.47. The molecule has 2 aliphatic heterocycles. The molecule has 0 saturated carbocycles. The first kappa shape index (κ1) is 12.1. The van der Waals surface area contributed by atoms with E-state index in [0.29, 0.717) is 6.04 Å². The van der Waals surface area contributed by atoms with Gasteiger partial charge in [0.05, 0.1) is 18.8 Å². The third kappa shape index (κ3) is 2.84. The molecule has 0 aromatic carbocycles. The van der Waals surface area contributed by atoms with Gasteiger partial charge in [-0.2, -0.15) is 0 Å². The van der Waals surface area contributed by atoms with Gasteiger partial charge in [-0.15, -0.1) is 6.58 Å². The van der Waals surface area contributed by atoms with E-state index >= 15 is 0 Å². The average Bonchev–Trinajstić information content (AvgIpc) is 2.72. The molecule has 0 amide bonds. The Labute approximate surface area is 98.1 Å². The van der Waals surface area contributed by atoms with Crippen molar-refractivity contribution in [2.24, 2.45) is 0 Å². The quantitative estimate of drug-likeness (QED) is 0.737. The van der Waals surface area contributed by atoms with Gasteiger partial charge < -0.3 is 9.84 Å². The van der Waals surface area contributed by atoms with E-state index in [9.17, 15) is 5.11 Å².